The Morgan fingerprint density at radius 2 is 2.18 bits per heavy atom. The van der Waals surface area contributed by atoms with Crippen LogP contribution >= 0.6 is 0 Å². The number of hydrogen-bond acceptors (Lipinski definition) is 2. The number of nitrogens with zero attached hydrogens (tertiary/aromatic N) is 2. The highest BCUT2D eigenvalue weighted by molar-refractivity contribution is 5.03. The first-order chi connectivity index (χ1) is 8.31. The van der Waals surface area contributed by atoms with Crippen LogP contribution < -0.4 is 5.32 Å². The first kappa shape index (κ1) is 12.6. The first-order valence-electron chi connectivity index (χ1n) is 7.06. The molecule has 1 aliphatic carbocycles. The largest absolute Gasteiger partial charge is 0.310 e. The Hall–Kier alpha value is -0.830. The van der Waals surface area contributed by atoms with Crippen molar-refractivity contribution in [1.29, 1.82) is 0 Å². The molecule has 1 heterocycles. The van der Waals surface area contributed by atoms with E-state index < -0.39 is 0 Å². The maximum atomic E-state index is 4.44. The fourth-order valence-corrected chi connectivity index (χ4v) is 2.38. The van der Waals surface area contributed by atoms with Crippen molar-refractivity contribution >= 4 is 0 Å². The molecule has 0 spiro atoms. The van der Waals surface area contributed by atoms with E-state index in [0.29, 0.717) is 6.04 Å². The van der Waals surface area contributed by atoms with Crippen molar-refractivity contribution in [3.8, 4) is 0 Å². The van der Waals surface area contributed by atoms with E-state index in [2.05, 4.69) is 35.1 Å². The second kappa shape index (κ2) is 6.20. The van der Waals surface area contributed by atoms with Crippen molar-refractivity contribution in [2.45, 2.75) is 65.1 Å². The highest BCUT2D eigenvalue weighted by Crippen LogP contribution is 2.27. The van der Waals surface area contributed by atoms with Gasteiger partial charge in [0.05, 0.1) is 6.20 Å². The number of nitrogens with one attached hydrogen (secondary N) is 1. The topological polar surface area (TPSA) is 29.9 Å². The van der Waals surface area contributed by atoms with E-state index in [4.69, 9.17) is 0 Å². The molecule has 0 saturated heterocycles. The summed E-state index contributed by atoms with van der Waals surface area (Å²) in [4.78, 5) is 0. The van der Waals surface area contributed by atoms with E-state index in [1.807, 2.05) is 6.20 Å². The monoisotopic (exact) mass is 235 g/mol. The molecule has 0 radical (unpaired) electrons. The summed E-state index contributed by atoms with van der Waals surface area (Å²) in [7, 11) is 0. The molecular weight excluding hydrogens is 210 g/mol. The Morgan fingerprint density at radius 3 is 2.76 bits per heavy atom. The highest BCUT2D eigenvalue weighted by atomic mass is 15.3. The summed E-state index contributed by atoms with van der Waals surface area (Å²) in [5.41, 5.74) is 1.32. The molecule has 1 aromatic rings. The van der Waals surface area contributed by atoms with Gasteiger partial charge in [-0.2, -0.15) is 5.10 Å². The maximum Gasteiger partial charge on any atom is 0.0534 e. The van der Waals surface area contributed by atoms with Gasteiger partial charge < -0.3 is 5.32 Å². The van der Waals surface area contributed by atoms with E-state index in [1.165, 1.54) is 37.7 Å². The van der Waals surface area contributed by atoms with Crippen LogP contribution in [0.1, 0.15) is 51.5 Å². The quantitative estimate of drug-likeness (QED) is 0.787. The second-order valence-corrected chi connectivity index (χ2v) is 5.26. The van der Waals surface area contributed by atoms with E-state index >= 15 is 0 Å². The van der Waals surface area contributed by atoms with Crippen molar-refractivity contribution in [1.82, 2.24) is 15.1 Å². The van der Waals surface area contributed by atoms with Crippen LogP contribution in [0.2, 0.25) is 0 Å². The molecule has 1 fully saturated rings. The fourth-order valence-electron chi connectivity index (χ4n) is 2.38. The molecule has 1 N–H and O–H groups in total. The lowest BCUT2D eigenvalue weighted by molar-refractivity contribution is 0.266. The van der Waals surface area contributed by atoms with Gasteiger partial charge in [0, 0.05) is 30.9 Å². The van der Waals surface area contributed by atoms with Crippen LogP contribution in [0.5, 0.6) is 0 Å². The van der Waals surface area contributed by atoms with Gasteiger partial charge in [-0.3, -0.25) is 4.68 Å². The smallest absolute Gasteiger partial charge is 0.0534 e. The average molecular weight is 235 g/mol. The van der Waals surface area contributed by atoms with E-state index in [-0.39, 0.29) is 0 Å². The minimum atomic E-state index is 0.644. The molecule has 1 saturated carbocycles. The van der Waals surface area contributed by atoms with Crippen LogP contribution in [0.3, 0.4) is 0 Å². The second-order valence-electron chi connectivity index (χ2n) is 5.26. The Kier molecular flexibility index (Phi) is 4.60. The Morgan fingerprint density at radius 1 is 1.41 bits per heavy atom. The van der Waals surface area contributed by atoms with Crippen LogP contribution in [0.25, 0.3) is 0 Å². The van der Waals surface area contributed by atoms with Gasteiger partial charge in [-0.1, -0.05) is 20.3 Å². The van der Waals surface area contributed by atoms with Gasteiger partial charge in [0.25, 0.3) is 0 Å². The van der Waals surface area contributed by atoms with E-state index in [1.54, 1.807) is 0 Å². The molecule has 0 amide bonds. The molecule has 3 heteroatoms. The Bertz CT molecular complexity index is 324. The zero-order chi connectivity index (χ0) is 12.1. The van der Waals surface area contributed by atoms with Gasteiger partial charge in [0.1, 0.15) is 0 Å². The molecule has 0 aromatic carbocycles. The van der Waals surface area contributed by atoms with Crippen LogP contribution in [-0.2, 0) is 13.1 Å². The standard InChI is InChI=1S/C14H25N3/c1-3-14(4-2)15-8-13-9-16-17(11-13)10-12-6-5-7-12/h9,11-12,14-15H,3-8,10H2,1-2H3. The van der Waals surface area contributed by atoms with Gasteiger partial charge in [-0.05, 0) is 31.6 Å². The molecule has 0 atom stereocenters. The SMILES string of the molecule is CCC(CC)NCc1cnn(CC2CCC2)c1. The summed E-state index contributed by atoms with van der Waals surface area (Å²) in [6, 6.07) is 0.644. The molecule has 96 valence electrons. The zero-order valence-corrected chi connectivity index (χ0v) is 11.2. The van der Waals surface area contributed by atoms with Crippen LogP contribution in [0, 0.1) is 5.92 Å². The predicted molar refractivity (Wildman–Crippen MR) is 70.8 cm³/mol. The molecule has 0 bridgehead atoms. The fraction of sp³-hybridized carbons (Fsp3) is 0.786. The minimum absolute atomic E-state index is 0.644. The lowest BCUT2D eigenvalue weighted by Gasteiger charge is -2.24. The summed E-state index contributed by atoms with van der Waals surface area (Å²) < 4.78 is 2.12. The third kappa shape index (κ3) is 3.56. The maximum absolute atomic E-state index is 4.44. The lowest BCUT2D eigenvalue weighted by Crippen LogP contribution is -2.26. The first-order valence-corrected chi connectivity index (χ1v) is 7.06. The van der Waals surface area contributed by atoms with Crippen molar-refractivity contribution in [3.63, 3.8) is 0 Å². The predicted octanol–water partition coefficient (Wildman–Crippen LogP) is 2.96. The van der Waals surface area contributed by atoms with Crippen molar-refractivity contribution < 1.29 is 0 Å². The molecule has 0 aliphatic heterocycles. The van der Waals surface area contributed by atoms with Crippen LogP contribution in [0.15, 0.2) is 12.4 Å². The Balaban J connectivity index is 1.76. The number of hydrogen-bond donors (Lipinski definition) is 1. The van der Waals surface area contributed by atoms with Crippen LogP contribution in [-0.4, -0.2) is 15.8 Å². The molecule has 1 aromatic heterocycles. The van der Waals surface area contributed by atoms with E-state index in [0.717, 1.165) is 19.0 Å². The number of rotatable bonds is 7. The minimum Gasteiger partial charge on any atom is -0.310 e. The third-order valence-corrected chi connectivity index (χ3v) is 3.94. The van der Waals surface area contributed by atoms with E-state index in [9.17, 15) is 0 Å². The summed E-state index contributed by atoms with van der Waals surface area (Å²) in [5.74, 6) is 0.884. The summed E-state index contributed by atoms with van der Waals surface area (Å²) in [5, 5.41) is 8.02. The van der Waals surface area contributed by atoms with Gasteiger partial charge >= 0.3 is 0 Å². The van der Waals surface area contributed by atoms with Crippen molar-refractivity contribution in [2.75, 3.05) is 0 Å². The number of aromatic nitrogens is 2. The van der Waals surface area contributed by atoms with Gasteiger partial charge in [0.2, 0.25) is 0 Å². The Labute approximate surface area is 105 Å². The lowest BCUT2D eigenvalue weighted by atomic mass is 9.85. The molecule has 0 unspecified atom stereocenters. The third-order valence-electron chi connectivity index (χ3n) is 3.94. The summed E-state index contributed by atoms with van der Waals surface area (Å²) in [6.45, 7) is 6.55. The molecule has 17 heavy (non-hydrogen) atoms. The van der Waals surface area contributed by atoms with Crippen molar-refractivity contribution in [3.05, 3.63) is 18.0 Å². The van der Waals surface area contributed by atoms with Gasteiger partial charge in [-0.15, -0.1) is 0 Å². The molecule has 1 aliphatic rings. The zero-order valence-electron chi connectivity index (χ0n) is 11.2. The van der Waals surface area contributed by atoms with Crippen molar-refractivity contribution in [2.24, 2.45) is 5.92 Å². The highest BCUT2D eigenvalue weighted by Gasteiger charge is 2.18. The molecular formula is C14H25N3. The average Bonchev–Trinajstić information content (AvgIpc) is 2.73. The normalized spacial score (nSPS) is 16.4. The summed E-state index contributed by atoms with van der Waals surface area (Å²) >= 11 is 0. The van der Waals surface area contributed by atoms with Gasteiger partial charge in [0.15, 0.2) is 0 Å². The summed E-state index contributed by atoms with van der Waals surface area (Å²) in [6.07, 6.45) is 10.8. The molecule has 2 rings (SSSR count). The molecule has 3 nitrogen and oxygen atoms in total. The van der Waals surface area contributed by atoms with Crippen LogP contribution in [0.4, 0.5) is 0 Å². The van der Waals surface area contributed by atoms with Gasteiger partial charge in [-0.25, -0.2) is 0 Å².